The molecule has 0 saturated carbocycles. The second-order valence-electron chi connectivity index (χ2n) is 6.10. The van der Waals surface area contributed by atoms with Gasteiger partial charge in [-0.25, -0.2) is 0 Å². The van der Waals surface area contributed by atoms with Gasteiger partial charge in [0.05, 0.1) is 0 Å². The van der Waals surface area contributed by atoms with Crippen LogP contribution in [0.3, 0.4) is 0 Å². The SMILES string of the molecule is BC(C)(CC)CCCCCCCCCCC. The number of hydrogen-bond donors (Lipinski definition) is 0. The zero-order valence-corrected chi connectivity index (χ0v) is 12.3. The Kier molecular flexibility index (Phi) is 10.3. The monoisotopic (exact) mass is 224 g/mol. The van der Waals surface area contributed by atoms with Crippen LogP contribution in [0.4, 0.5) is 0 Å². The average molecular weight is 224 g/mol. The van der Waals surface area contributed by atoms with Crippen molar-refractivity contribution in [2.45, 2.75) is 96.7 Å². The van der Waals surface area contributed by atoms with E-state index in [4.69, 9.17) is 0 Å². The van der Waals surface area contributed by atoms with Gasteiger partial charge in [-0.3, -0.25) is 0 Å². The molecule has 0 spiro atoms. The first-order valence-corrected chi connectivity index (χ1v) is 7.62. The van der Waals surface area contributed by atoms with Crippen molar-refractivity contribution in [1.82, 2.24) is 0 Å². The van der Waals surface area contributed by atoms with Gasteiger partial charge in [0.2, 0.25) is 0 Å². The first-order valence-electron chi connectivity index (χ1n) is 7.62. The fraction of sp³-hybridized carbons (Fsp3) is 1.00. The smallest absolute Gasteiger partial charge is 0.0669 e. The quantitative estimate of drug-likeness (QED) is 0.337. The molecule has 0 aromatic heterocycles. The van der Waals surface area contributed by atoms with E-state index in [9.17, 15) is 0 Å². The molecule has 1 heteroatoms. The molecule has 0 heterocycles. The van der Waals surface area contributed by atoms with E-state index < -0.39 is 0 Å². The highest BCUT2D eigenvalue weighted by atomic mass is 14.1. The topological polar surface area (TPSA) is 0 Å². The lowest BCUT2D eigenvalue weighted by Gasteiger charge is -2.22. The minimum absolute atomic E-state index is 0.584. The zero-order chi connectivity index (χ0) is 12.3. The van der Waals surface area contributed by atoms with Crippen LogP contribution in [0, 0.1) is 0 Å². The van der Waals surface area contributed by atoms with Crippen LogP contribution in [0.5, 0.6) is 0 Å². The van der Waals surface area contributed by atoms with Gasteiger partial charge in [0.15, 0.2) is 0 Å². The van der Waals surface area contributed by atoms with Crippen LogP contribution in [0.1, 0.15) is 91.4 Å². The molecule has 0 nitrogen and oxygen atoms in total. The maximum absolute atomic E-state index is 2.40. The number of hydrogen-bond acceptors (Lipinski definition) is 0. The maximum atomic E-state index is 2.40. The fourth-order valence-electron chi connectivity index (χ4n) is 2.09. The molecule has 0 amide bonds. The summed E-state index contributed by atoms with van der Waals surface area (Å²) in [6, 6.07) is 0. The van der Waals surface area contributed by atoms with E-state index in [0.717, 1.165) is 0 Å². The zero-order valence-electron chi connectivity index (χ0n) is 12.3. The summed E-state index contributed by atoms with van der Waals surface area (Å²) < 4.78 is 0. The maximum Gasteiger partial charge on any atom is 0.109 e. The Morgan fingerprint density at radius 1 is 0.750 bits per heavy atom. The molecular formula is C15H33B. The summed E-state index contributed by atoms with van der Waals surface area (Å²) >= 11 is 0. The Morgan fingerprint density at radius 3 is 1.62 bits per heavy atom. The molecule has 0 bridgehead atoms. The van der Waals surface area contributed by atoms with Gasteiger partial charge < -0.3 is 0 Å². The van der Waals surface area contributed by atoms with Gasteiger partial charge in [-0.15, -0.1) is 0 Å². The van der Waals surface area contributed by atoms with E-state index in [2.05, 4.69) is 28.6 Å². The molecular weight excluding hydrogens is 191 g/mol. The van der Waals surface area contributed by atoms with Gasteiger partial charge in [0, 0.05) is 0 Å². The van der Waals surface area contributed by atoms with Crippen molar-refractivity contribution in [2.24, 2.45) is 0 Å². The van der Waals surface area contributed by atoms with E-state index >= 15 is 0 Å². The summed E-state index contributed by atoms with van der Waals surface area (Å²) in [5.41, 5.74) is 0. The van der Waals surface area contributed by atoms with Gasteiger partial charge in [0.25, 0.3) is 0 Å². The molecule has 16 heavy (non-hydrogen) atoms. The van der Waals surface area contributed by atoms with Gasteiger partial charge in [-0.2, -0.15) is 0 Å². The summed E-state index contributed by atoms with van der Waals surface area (Å²) in [5.74, 6) is 0. The summed E-state index contributed by atoms with van der Waals surface area (Å²) in [7, 11) is 2.40. The van der Waals surface area contributed by atoms with Crippen LogP contribution in [-0.4, -0.2) is 7.85 Å². The van der Waals surface area contributed by atoms with Crippen molar-refractivity contribution in [1.29, 1.82) is 0 Å². The summed E-state index contributed by atoms with van der Waals surface area (Å²) in [6.07, 6.45) is 15.8. The minimum atomic E-state index is 0.584. The molecule has 0 aromatic carbocycles. The molecule has 1 atom stereocenters. The predicted octanol–water partition coefficient (Wildman–Crippen LogP) is 5.13. The third kappa shape index (κ3) is 10.6. The van der Waals surface area contributed by atoms with Crippen LogP contribution >= 0.6 is 0 Å². The normalized spacial score (nSPS) is 14.9. The molecule has 0 rings (SSSR count). The van der Waals surface area contributed by atoms with E-state index in [1.807, 2.05) is 0 Å². The number of rotatable bonds is 11. The van der Waals surface area contributed by atoms with Crippen LogP contribution in [0.15, 0.2) is 0 Å². The van der Waals surface area contributed by atoms with E-state index in [1.165, 1.54) is 70.6 Å². The van der Waals surface area contributed by atoms with Crippen LogP contribution < -0.4 is 0 Å². The highest BCUT2D eigenvalue weighted by Crippen LogP contribution is 2.31. The van der Waals surface area contributed by atoms with Crippen LogP contribution in [0.2, 0.25) is 5.31 Å². The molecule has 0 aliphatic heterocycles. The van der Waals surface area contributed by atoms with Crippen molar-refractivity contribution in [3.8, 4) is 0 Å². The minimum Gasteiger partial charge on any atom is -0.0669 e. The Bertz CT molecular complexity index is 140. The lowest BCUT2D eigenvalue weighted by atomic mass is 9.65. The van der Waals surface area contributed by atoms with E-state index in [-0.39, 0.29) is 0 Å². The summed E-state index contributed by atoms with van der Waals surface area (Å²) in [4.78, 5) is 0. The standard InChI is InChI=1S/C15H33B/c1-4-6-7-8-9-10-11-12-13-14-15(3,16)5-2/h4-14,16H2,1-3H3. The lowest BCUT2D eigenvalue weighted by Crippen LogP contribution is -2.05. The molecule has 0 aliphatic carbocycles. The molecule has 0 N–H and O–H groups in total. The Morgan fingerprint density at radius 2 is 1.19 bits per heavy atom. The van der Waals surface area contributed by atoms with E-state index in [1.54, 1.807) is 0 Å². The molecule has 0 saturated heterocycles. The van der Waals surface area contributed by atoms with Crippen molar-refractivity contribution in [2.75, 3.05) is 0 Å². The van der Waals surface area contributed by atoms with Gasteiger partial charge in [-0.1, -0.05) is 96.7 Å². The molecule has 1 unspecified atom stereocenters. The van der Waals surface area contributed by atoms with Crippen molar-refractivity contribution in [3.05, 3.63) is 0 Å². The second kappa shape index (κ2) is 10.2. The Labute approximate surface area is 105 Å². The van der Waals surface area contributed by atoms with Crippen molar-refractivity contribution in [3.63, 3.8) is 0 Å². The molecule has 96 valence electrons. The van der Waals surface area contributed by atoms with Crippen molar-refractivity contribution < 1.29 is 0 Å². The highest BCUT2D eigenvalue weighted by molar-refractivity contribution is 6.14. The van der Waals surface area contributed by atoms with Gasteiger partial charge in [-0.05, 0) is 0 Å². The van der Waals surface area contributed by atoms with E-state index in [0.29, 0.717) is 5.31 Å². The first-order chi connectivity index (χ1) is 7.62. The molecule has 0 radical (unpaired) electrons. The molecule has 0 aliphatic rings. The molecule has 0 aromatic rings. The number of unbranched alkanes of at least 4 members (excludes halogenated alkanes) is 8. The Hall–Kier alpha value is 0.0649. The average Bonchev–Trinajstić information content (AvgIpc) is 2.27. The van der Waals surface area contributed by atoms with Crippen molar-refractivity contribution >= 4 is 7.85 Å². The largest absolute Gasteiger partial charge is 0.109 e. The summed E-state index contributed by atoms with van der Waals surface area (Å²) in [6.45, 7) is 7.00. The predicted molar refractivity (Wildman–Crippen MR) is 79.0 cm³/mol. The fourth-order valence-corrected chi connectivity index (χ4v) is 2.09. The van der Waals surface area contributed by atoms with Gasteiger partial charge in [0.1, 0.15) is 7.85 Å². The third-order valence-electron chi connectivity index (χ3n) is 3.91. The molecule has 0 fully saturated rings. The Balaban J connectivity index is 3.10. The lowest BCUT2D eigenvalue weighted by molar-refractivity contribution is 0.487. The van der Waals surface area contributed by atoms with Crippen LogP contribution in [0.25, 0.3) is 0 Å². The summed E-state index contributed by atoms with van der Waals surface area (Å²) in [5, 5.41) is 0.584. The van der Waals surface area contributed by atoms with Gasteiger partial charge >= 0.3 is 0 Å². The first kappa shape index (κ1) is 16.1. The third-order valence-corrected chi connectivity index (χ3v) is 3.91. The highest BCUT2D eigenvalue weighted by Gasteiger charge is 2.13. The van der Waals surface area contributed by atoms with Crippen LogP contribution in [-0.2, 0) is 0 Å². The second-order valence-corrected chi connectivity index (χ2v) is 6.10.